The van der Waals surface area contributed by atoms with E-state index in [1.165, 1.54) is 11.3 Å². The summed E-state index contributed by atoms with van der Waals surface area (Å²) in [5.74, 6) is -2.01. The highest BCUT2D eigenvalue weighted by Crippen LogP contribution is 2.35. The zero-order chi connectivity index (χ0) is 17.1. The van der Waals surface area contributed by atoms with Crippen LogP contribution < -0.4 is 0 Å². The van der Waals surface area contributed by atoms with Gasteiger partial charge in [-0.2, -0.15) is 0 Å². The van der Waals surface area contributed by atoms with Crippen LogP contribution in [0.2, 0.25) is 0 Å². The van der Waals surface area contributed by atoms with Gasteiger partial charge in [0.1, 0.15) is 12.0 Å². The molecule has 4 heteroatoms. The molecular formula is C20H18O3S. The first kappa shape index (κ1) is 16.4. The van der Waals surface area contributed by atoms with Crippen LogP contribution in [0.4, 0.5) is 0 Å². The molecule has 0 aliphatic heterocycles. The number of thiophene rings is 1. The van der Waals surface area contributed by atoms with E-state index in [2.05, 4.69) is 0 Å². The maximum Gasteiger partial charge on any atom is 0.314 e. The largest absolute Gasteiger partial charge is 0.481 e. The molecule has 0 aliphatic rings. The normalized spacial score (nSPS) is 13.4. The van der Waals surface area contributed by atoms with Crippen LogP contribution in [0.1, 0.15) is 27.3 Å². The monoisotopic (exact) mass is 338 g/mol. The molecule has 0 bridgehead atoms. The topological polar surface area (TPSA) is 57.5 Å². The fourth-order valence-corrected chi connectivity index (χ4v) is 3.65. The SMILES string of the molecule is Cc1ccc([C@@H](O)[C@@H](C(=O)O)c2ccc(-c3ccccc3)cc2)s1. The summed E-state index contributed by atoms with van der Waals surface area (Å²) in [6, 6.07) is 20.9. The van der Waals surface area contributed by atoms with Crippen molar-refractivity contribution in [2.75, 3.05) is 0 Å². The maximum atomic E-state index is 11.7. The molecule has 0 saturated carbocycles. The number of carbonyl (C=O) groups is 1. The Morgan fingerprint density at radius 3 is 2.08 bits per heavy atom. The number of rotatable bonds is 5. The van der Waals surface area contributed by atoms with Gasteiger partial charge in [-0.3, -0.25) is 4.79 Å². The molecule has 3 aromatic rings. The molecule has 1 heterocycles. The smallest absolute Gasteiger partial charge is 0.314 e. The predicted octanol–water partition coefficient (Wildman–Crippen LogP) is 4.63. The number of aliphatic hydroxyl groups is 1. The van der Waals surface area contributed by atoms with Crippen molar-refractivity contribution in [3.8, 4) is 11.1 Å². The van der Waals surface area contributed by atoms with Crippen molar-refractivity contribution in [1.29, 1.82) is 0 Å². The lowest BCUT2D eigenvalue weighted by molar-refractivity contribution is -0.141. The van der Waals surface area contributed by atoms with Crippen molar-refractivity contribution < 1.29 is 15.0 Å². The third-order valence-electron chi connectivity index (χ3n) is 4.01. The number of carboxylic acid groups (broad SMARTS) is 1. The van der Waals surface area contributed by atoms with Gasteiger partial charge in [0.15, 0.2) is 0 Å². The first-order valence-electron chi connectivity index (χ1n) is 7.69. The van der Waals surface area contributed by atoms with Gasteiger partial charge in [0.2, 0.25) is 0 Å². The Labute approximate surface area is 144 Å². The van der Waals surface area contributed by atoms with Gasteiger partial charge in [-0.25, -0.2) is 0 Å². The van der Waals surface area contributed by atoms with Crippen LogP contribution in [0.25, 0.3) is 11.1 Å². The number of aryl methyl sites for hydroxylation is 1. The number of carboxylic acids is 1. The van der Waals surface area contributed by atoms with Gasteiger partial charge in [0, 0.05) is 9.75 Å². The minimum Gasteiger partial charge on any atom is -0.481 e. The van der Waals surface area contributed by atoms with E-state index in [9.17, 15) is 15.0 Å². The lowest BCUT2D eigenvalue weighted by atomic mass is 9.91. The van der Waals surface area contributed by atoms with Crippen LogP contribution in [0.15, 0.2) is 66.7 Å². The zero-order valence-corrected chi connectivity index (χ0v) is 14.0. The van der Waals surface area contributed by atoms with E-state index < -0.39 is 18.0 Å². The first-order chi connectivity index (χ1) is 11.6. The fourth-order valence-electron chi connectivity index (χ4n) is 2.75. The lowest BCUT2D eigenvalue weighted by Gasteiger charge is -2.19. The number of aliphatic carboxylic acids is 1. The highest BCUT2D eigenvalue weighted by molar-refractivity contribution is 7.12. The molecule has 122 valence electrons. The van der Waals surface area contributed by atoms with Gasteiger partial charge in [0.05, 0.1) is 0 Å². The van der Waals surface area contributed by atoms with Gasteiger partial charge in [-0.05, 0) is 35.7 Å². The van der Waals surface area contributed by atoms with Crippen molar-refractivity contribution in [2.45, 2.75) is 18.9 Å². The maximum absolute atomic E-state index is 11.7. The van der Waals surface area contributed by atoms with E-state index in [4.69, 9.17) is 0 Å². The quantitative estimate of drug-likeness (QED) is 0.713. The van der Waals surface area contributed by atoms with Gasteiger partial charge < -0.3 is 10.2 Å². The summed E-state index contributed by atoms with van der Waals surface area (Å²) < 4.78 is 0. The number of aliphatic hydroxyl groups excluding tert-OH is 1. The van der Waals surface area contributed by atoms with Gasteiger partial charge in [-0.1, -0.05) is 54.6 Å². The molecule has 2 aromatic carbocycles. The van der Waals surface area contributed by atoms with Gasteiger partial charge >= 0.3 is 5.97 Å². The average Bonchev–Trinajstić information content (AvgIpc) is 3.03. The molecule has 0 aliphatic carbocycles. The second kappa shape index (κ2) is 6.99. The summed E-state index contributed by atoms with van der Waals surface area (Å²) in [5.41, 5.74) is 2.69. The summed E-state index contributed by atoms with van der Waals surface area (Å²) in [7, 11) is 0. The number of hydrogen-bond donors (Lipinski definition) is 2. The standard InChI is InChI=1S/C20H18O3S/c1-13-7-12-17(24-13)19(21)18(20(22)23)16-10-8-15(9-11-16)14-5-3-2-4-6-14/h2-12,18-19,21H,1H3,(H,22,23)/t18-,19+/m0/s1. The molecule has 3 nitrogen and oxygen atoms in total. The number of benzene rings is 2. The highest BCUT2D eigenvalue weighted by Gasteiger charge is 2.30. The molecule has 0 saturated heterocycles. The molecular weight excluding hydrogens is 320 g/mol. The minimum absolute atomic E-state index is 0.598. The van der Waals surface area contributed by atoms with E-state index in [-0.39, 0.29) is 0 Å². The molecule has 2 atom stereocenters. The van der Waals surface area contributed by atoms with Crippen molar-refractivity contribution in [3.63, 3.8) is 0 Å². The first-order valence-corrected chi connectivity index (χ1v) is 8.50. The van der Waals surface area contributed by atoms with Crippen molar-refractivity contribution in [1.82, 2.24) is 0 Å². The minimum atomic E-state index is -1.05. The average molecular weight is 338 g/mol. The molecule has 0 fully saturated rings. The molecule has 0 unspecified atom stereocenters. The molecule has 2 N–H and O–H groups in total. The molecule has 0 radical (unpaired) electrons. The Hall–Kier alpha value is -2.43. The second-order valence-electron chi connectivity index (χ2n) is 5.70. The Morgan fingerprint density at radius 1 is 0.917 bits per heavy atom. The molecule has 3 rings (SSSR count). The zero-order valence-electron chi connectivity index (χ0n) is 13.2. The van der Waals surface area contributed by atoms with Crippen molar-refractivity contribution >= 4 is 17.3 Å². The summed E-state index contributed by atoms with van der Waals surface area (Å²) in [5, 5.41) is 20.1. The molecule has 1 aromatic heterocycles. The van der Waals surface area contributed by atoms with Crippen molar-refractivity contribution in [3.05, 3.63) is 82.0 Å². The van der Waals surface area contributed by atoms with E-state index in [0.29, 0.717) is 10.4 Å². The van der Waals surface area contributed by atoms with E-state index in [0.717, 1.165) is 16.0 Å². The fraction of sp³-hybridized carbons (Fsp3) is 0.150. The van der Waals surface area contributed by atoms with Crippen LogP contribution in [0, 0.1) is 6.92 Å². The predicted molar refractivity (Wildman–Crippen MR) is 96.3 cm³/mol. The third-order valence-corrected chi connectivity index (χ3v) is 5.08. The van der Waals surface area contributed by atoms with Crippen LogP contribution in [0.5, 0.6) is 0 Å². The lowest BCUT2D eigenvalue weighted by Crippen LogP contribution is -2.19. The summed E-state index contributed by atoms with van der Waals surface area (Å²) in [6.07, 6.45) is -1.05. The molecule has 24 heavy (non-hydrogen) atoms. The van der Waals surface area contributed by atoms with Gasteiger partial charge in [0.25, 0.3) is 0 Å². The van der Waals surface area contributed by atoms with Gasteiger partial charge in [-0.15, -0.1) is 11.3 Å². The molecule has 0 spiro atoms. The van der Waals surface area contributed by atoms with E-state index in [1.54, 1.807) is 18.2 Å². The number of hydrogen-bond acceptors (Lipinski definition) is 3. The Kier molecular flexibility index (Phi) is 4.79. The summed E-state index contributed by atoms with van der Waals surface area (Å²) in [4.78, 5) is 13.4. The van der Waals surface area contributed by atoms with Crippen LogP contribution in [-0.4, -0.2) is 16.2 Å². The highest BCUT2D eigenvalue weighted by atomic mass is 32.1. The third kappa shape index (κ3) is 3.40. The molecule has 0 amide bonds. The summed E-state index contributed by atoms with van der Waals surface area (Å²) in [6.45, 7) is 1.94. The Morgan fingerprint density at radius 2 is 1.54 bits per heavy atom. The Balaban J connectivity index is 1.90. The summed E-state index contributed by atoms with van der Waals surface area (Å²) >= 11 is 1.42. The second-order valence-corrected chi connectivity index (χ2v) is 7.02. The Bertz CT molecular complexity index is 822. The van der Waals surface area contributed by atoms with Crippen LogP contribution >= 0.6 is 11.3 Å². The van der Waals surface area contributed by atoms with Crippen LogP contribution in [-0.2, 0) is 4.79 Å². The van der Waals surface area contributed by atoms with E-state index in [1.807, 2.05) is 55.5 Å². The van der Waals surface area contributed by atoms with Crippen LogP contribution in [0.3, 0.4) is 0 Å². The van der Waals surface area contributed by atoms with E-state index >= 15 is 0 Å². The van der Waals surface area contributed by atoms with Crippen molar-refractivity contribution in [2.24, 2.45) is 0 Å².